The second-order valence-corrected chi connectivity index (χ2v) is 12.3. The lowest BCUT2D eigenvalue weighted by atomic mass is 10.0. The van der Waals surface area contributed by atoms with E-state index in [1.165, 1.54) is 37.3 Å². The van der Waals surface area contributed by atoms with Gasteiger partial charge in [0, 0.05) is 30.7 Å². The second kappa shape index (κ2) is 15.9. The van der Waals surface area contributed by atoms with Crippen LogP contribution in [-0.4, -0.2) is 99.1 Å². The molecule has 0 atom stereocenters. The molecule has 2 saturated heterocycles. The van der Waals surface area contributed by atoms with Crippen LogP contribution >= 0.6 is 11.3 Å². The Morgan fingerprint density at radius 2 is 1.46 bits per heavy atom. The Hall–Kier alpha value is -4.71. The standard InChI is InChI=1S/C28H30N4O3S.2C2HF3O2/c1-35-24-23-25(36-26(24)28(34)31-16-11-20(12-17-31)30-14-6-7-15-30)21-9-2-3-10-22(21)32(27(23)33)18-19-8-4-5-13-29-19;2*3-2(4,5)1(6)7/h2-5,8-10,13,20H,6-7,11-12,14-18H2,1H3;2*(H,6,7). The summed E-state index contributed by atoms with van der Waals surface area (Å²) in [5, 5.41) is 15.7. The molecule has 0 unspecified atom stereocenters. The monoisotopic (exact) mass is 730 g/mol. The predicted octanol–water partition coefficient (Wildman–Crippen LogP) is 5.64. The fraction of sp³-hybridized carbons (Fsp3) is 0.406. The Labute approximate surface area is 284 Å². The van der Waals surface area contributed by atoms with Crippen molar-refractivity contribution in [2.45, 2.75) is 50.6 Å². The van der Waals surface area contributed by atoms with Gasteiger partial charge in [-0.3, -0.25) is 14.6 Å². The van der Waals surface area contributed by atoms with Gasteiger partial charge in [0.1, 0.15) is 10.3 Å². The lowest BCUT2D eigenvalue weighted by molar-refractivity contribution is -0.193. The van der Waals surface area contributed by atoms with Gasteiger partial charge in [0.05, 0.1) is 29.6 Å². The van der Waals surface area contributed by atoms with Gasteiger partial charge in [-0.2, -0.15) is 26.3 Å². The van der Waals surface area contributed by atoms with Gasteiger partial charge in [0.25, 0.3) is 11.5 Å². The van der Waals surface area contributed by atoms with Crippen LogP contribution < -0.4 is 10.3 Å². The molecule has 0 radical (unpaired) electrons. The molecule has 18 heteroatoms. The number of piperidine rings is 1. The number of benzene rings is 1. The van der Waals surface area contributed by atoms with Gasteiger partial charge in [-0.25, -0.2) is 9.59 Å². The van der Waals surface area contributed by atoms with Crippen LogP contribution in [0.2, 0.25) is 0 Å². The number of alkyl halides is 6. The van der Waals surface area contributed by atoms with E-state index in [0.29, 0.717) is 28.6 Å². The average Bonchev–Trinajstić information content (AvgIpc) is 3.76. The van der Waals surface area contributed by atoms with Crippen LogP contribution in [0.25, 0.3) is 21.0 Å². The molecule has 6 rings (SSSR count). The van der Waals surface area contributed by atoms with Crippen LogP contribution in [0.15, 0.2) is 53.5 Å². The van der Waals surface area contributed by atoms with Crippen LogP contribution in [0.1, 0.15) is 41.0 Å². The Bertz CT molecular complexity index is 1860. The molecule has 2 aliphatic heterocycles. The number of likely N-dealkylation sites (tertiary alicyclic amines) is 2. The summed E-state index contributed by atoms with van der Waals surface area (Å²) < 4.78 is 71.8. The number of halogens is 6. The summed E-state index contributed by atoms with van der Waals surface area (Å²) in [4.78, 5) is 54.8. The Kier molecular flexibility index (Phi) is 12.1. The molecule has 270 valence electrons. The van der Waals surface area contributed by atoms with E-state index in [0.717, 1.165) is 47.2 Å². The van der Waals surface area contributed by atoms with Crippen molar-refractivity contribution >= 4 is 50.2 Å². The fourth-order valence-corrected chi connectivity index (χ4v) is 7.04. The fourth-order valence-electron chi connectivity index (χ4n) is 5.78. The molecular formula is C32H32F6N4O7S. The van der Waals surface area contributed by atoms with Crippen LogP contribution in [0.3, 0.4) is 0 Å². The van der Waals surface area contributed by atoms with Crippen LogP contribution in [0.5, 0.6) is 5.75 Å². The number of para-hydroxylation sites is 1. The number of carbonyl (C=O) groups is 3. The molecule has 50 heavy (non-hydrogen) atoms. The number of carboxylic acid groups (broad SMARTS) is 2. The van der Waals surface area contributed by atoms with Crippen molar-refractivity contribution in [3.8, 4) is 5.75 Å². The molecule has 2 N–H and O–H groups in total. The zero-order valence-corrected chi connectivity index (χ0v) is 27.3. The molecule has 0 aliphatic carbocycles. The zero-order valence-electron chi connectivity index (χ0n) is 26.5. The lowest BCUT2D eigenvalue weighted by Crippen LogP contribution is -2.45. The maximum atomic E-state index is 13.9. The van der Waals surface area contributed by atoms with Gasteiger partial charge in [0.2, 0.25) is 0 Å². The average molecular weight is 731 g/mol. The maximum Gasteiger partial charge on any atom is 0.490 e. The highest BCUT2D eigenvalue weighted by Crippen LogP contribution is 2.40. The number of aliphatic carboxylic acids is 2. The lowest BCUT2D eigenvalue weighted by Gasteiger charge is -2.36. The Balaban J connectivity index is 0.000000340. The normalized spacial score (nSPS) is 15.6. The summed E-state index contributed by atoms with van der Waals surface area (Å²) in [6.45, 7) is 4.19. The van der Waals surface area contributed by atoms with Crippen molar-refractivity contribution in [1.29, 1.82) is 0 Å². The molecule has 1 amide bonds. The van der Waals surface area contributed by atoms with E-state index >= 15 is 0 Å². The molecule has 0 saturated carbocycles. The smallest absolute Gasteiger partial charge is 0.490 e. The molecule has 5 heterocycles. The third kappa shape index (κ3) is 8.90. The predicted molar refractivity (Wildman–Crippen MR) is 171 cm³/mol. The largest absolute Gasteiger partial charge is 0.494 e. The van der Waals surface area contributed by atoms with E-state index in [1.807, 2.05) is 47.4 Å². The first kappa shape index (κ1) is 38.1. The molecule has 0 bridgehead atoms. The van der Waals surface area contributed by atoms with Gasteiger partial charge in [0.15, 0.2) is 5.75 Å². The topological polar surface area (TPSA) is 142 Å². The number of pyridine rings is 2. The van der Waals surface area contributed by atoms with Crippen LogP contribution in [0, 0.1) is 0 Å². The number of hydrogen-bond donors (Lipinski definition) is 2. The number of nitrogens with zero attached hydrogens (tertiary/aromatic N) is 4. The van der Waals surface area contributed by atoms with Gasteiger partial charge in [-0.15, -0.1) is 11.3 Å². The molecule has 3 aromatic heterocycles. The highest BCUT2D eigenvalue weighted by Gasteiger charge is 2.39. The highest BCUT2D eigenvalue weighted by atomic mass is 32.1. The van der Waals surface area contributed by atoms with Crippen LogP contribution in [0.4, 0.5) is 26.3 Å². The second-order valence-electron chi connectivity index (χ2n) is 11.3. The van der Waals surface area contributed by atoms with E-state index in [1.54, 1.807) is 17.9 Å². The number of thiophene rings is 1. The molecule has 11 nitrogen and oxygen atoms in total. The Morgan fingerprint density at radius 3 is 1.98 bits per heavy atom. The number of rotatable bonds is 5. The first-order chi connectivity index (χ1) is 23.5. The third-order valence-corrected chi connectivity index (χ3v) is 9.29. The number of fused-ring (bicyclic) bond motifs is 3. The SMILES string of the molecule is COc1c(C(=O)N2CCC(N3CCCC3)CC2)sc2c1c(=O)n(Cc1ccccn1)c1ccccc21.O=C(O)C(F)(F)F.O=C(O)C(F)(F)F. The number of carboxylic acids is 2. The summed E-state index contributed by atoms with van der Waals surface area (Å²) in [5.41, 5.74) is 1.47. The maximum absolute atomic E-state index is 13.9. The van der Waals surface area contributed by atoms with E-state index in [9.17, 15) is 35.9 Å². The molecular weight excluding hydrogens is 698 g/mol. The highest BCUT2D eigenvalue weighted by molar-refractivity contribution is 7.22. The van der Waals surface area contributed by atoms with Gasteiger partial charge >= 0.3 is 24.3 Å². The Morgan fingerprint density at radius 1 is 0.900 bits per heavy atom. The zero-order chi connectivity index (χ0) is 36.8. The first-order valence-electron chi connectivity index (χ1n) is 15.2. The number of ether oxygens (including phenoxy) is 1. The minimum Gasteiger partial charge on any atom is -0.494 e. The first-order valence-corrected chi connectivity index (χ1v) is 16.0. The summed E-state index contributed by atoms with van der Waals surface area (Å²) in [7, 11) is 1.55. The van der Waals surface area contributed by atoms with Crippen molar-refractivity contribution < 1.29 is 55.7 Å². The third-order valence-electron chi connectivity index (χ3n) is 8.10. The van der Waals surface area contributed by atoms with Crippen molar-refractivity contribution in [2.75, 3.05) is 33.3 Å². The quantitative estimate of drug-likeness (QED) is 0.250. The minimum atomic E-state index is -5.08. The molecule has 4 aromatic rings. The van der Waals surface area contributed by atoms with Crippen LogP contribution in [-0.2, 0) is 16.1 Å². The van der Waals surface area contributed by atoms with E-state index in [4.69, 9.17) is 24.5 Å². The number of aromatic nitrogens is 2. The van der Waals surface area contributed by atoms with Crippen molar-refractivity contribution in [2.24, 2.45) is 0 Å². The van der Waals surface area contributed by atoms with E-state index in [-0.39, 0.29) is 11.5 Å². The summed E-state index contributed by atoms with van der Waals surface area (Å²) >= 11 is 1.38. The minimum absolute atomic E-state index is 0.0346. The molecule has 2 aliphatic rings. The summed E-state index contributed by atoms with van der Waals surface area (Å²) in [6, 6.07) is 14.1. The van der Waals surface area contributed by atoms with Gasteiger partial charge in [-0.1, -0.05) is 24.3 Å². The molecule has 1 aromatic carbocycles. The number of amides is 1. The van der Waals surface area contributed by atoms with E-state index < -0.39 is 24.3 Å². The summed E-state index contributed by atoms with van der Waals surface area (Å²) in [5.74, 6) is -5.15. The van der Waals surface area contributed by atoms with Crippen molar-refractivity contribution in [1.82, 2.24) is 19.4 Å². The van der Waals surface area contributed by atoms with Gasteiger partial charge in [-0.05, 0) is 57.0 Å². The van der Waals surface area contributed by atoms with E-state index in [2.05, 4.69) is 9.88 Å². The van der Waals surface area contributed by atoms with Crippen molar-refractivity contribution in [3.05, 3.63) is 69.6 Å². The number of hydrogen-bond acceptors (Lipinski definition) is 8. The number of methoxy groups -OCH3 is 1. The molecule has 2 fully saturated rings. The van der Waals surface area contributed by atoms with Crippen molar-refractivity contribution in [3.63, 3.8) is 0 Å². The number of carbonyl (C=O) groups excluding carboxylic acids is 1. The summed E-state index contributed by atoms with van der Waals surface area (Å²) in [6.07, 6.45) is -3.87. The van der Waals surface area contributed by atoms with Gasteiger partial charge < -0.3 is 29.3 Å². The molecule has 0 spiro atoms.